The van der Waals surface area contributed by atoms with E-state index in [1.165, 1.54) is 4.68 Å². The van der Waals surface area contributed by atoms with Gasteiger partial charge in [0.2, 0.25) is 5.91 Å². The maximum atomic E-state index is 12.8. The zero-order valence-electron chi connectivity index (χ0n) is 13.7. The summed E-state index contributed by atoms with van der Waals surface area (Å²) in [6, 6.07) is 6.62. The van der Waals surface area contributed by atoms with E-state index in [0.717, 1.165) is 10.2 Å². The Kier molecular flexibility index (Phi) is 3.69. The van der Waals surface area contributed by atoms with Crippen molar-refractivity contribution in [2.75, 3.05) is 0 Å². The Morgan fingerprint density at radius 1 is 1.40 bits per heavy atom. The largest absolute Gasteiger partial charge is 0.467 e. The Morgan fingerprint density at radius 2 is 2.24 bits per heavy atom. The first-order chi connectivity index (χ1) is 12.1. The number of hydrogen-bond donors (Lipinski definition) is 1. The highest BCUT2D eigenvalue weighted by Gasteiger charge is 2.21. The number of nitrogens with zero attached hydrogens (tertiary/aromatic N) is 3. The Hall–Kier alpha value is -2.87. The van der Waals surface area contributed by atoms with Gasteiger partial charge >= 0.3 is 0 Å². The molecular formula is C17H16N4O3S. The minimum atomic E-state index is -0.723. The number of aromatic nitrogens is 3. The zero-order chi connectivity index (χ0) is 17.6. The molecule has 0 aliphatic heterocycles. The number of amides is 1. The Bertz CT molecular complexity index is 1120. The van der Waals surface area contributed by atoms with Gasteiger partial charge in [-0.15, -0.1) is 11.3 Å². The van der Waals surface area contributed by atoms with Crippen molar-refractivity contribution in [1.82, 2.24) is 19.5 Å². The molecule has 0 radical (unpaired) electrons. The van der Waals surface area contributed by atoms with E-state index < -0.39 is 6.04 Å². The molecule has 0 aromatic carbocycles. The molecule has 0 saturated heterocycles. The third kappa shape index (κ3) is 2.54. The second-order valence-electron chi connectivity index (χ2n) is 5.81. The second-order valence-corrected chi connectivity index (χ2v) is 6.75. The monoisotopic (exact) mass is 356 g/mol. The Balaban J connectivity index is 1.69. The smallest absolute Gasteiger partial charge is 0.291 e. The number of thiophene rings is 1. The van der Waals surface area contributed by atoms with Crippen LogP contribution in [0.3, 0.4) is 0 Å². The van der Waals surface area contributed by atoms with Crippen LogP contribution in [0.2, 0.25) is 0 Å². The third-order valence-electron chi connectivity index (χ3n) is 4.19. The molecule has 1 atom stereocenters. The summed E-state index contributed by atoms with van der Waals surface area (Å²) in [4.78, 5) is 25.2. The van der Waals surface area contributed by atoms with Crippen molar-refractivity contribution < 1.29 is 9.21 Å². The van der Waals surface area contributed by atoms with Crippen LogP contribution in [0.4, 0.5) is 0 Å². The van der Waals surface area contributed by atoms with Crippen LogP contribution in [-0.4, -0.2) is 20.1 Å². The lowest BCUT2D eigenvalue weighted by Crippen LogP contribution is -2.37. The summed E-state index contributed by atoms with van der Waals surface area (Å²) in [6.07, 6.45) is 1.55. The topological polar surface area (TPSA) is 81.5 Å². The van der Waals surface area contributed by atoms with Crippen molar-refractivity contribution in [2.45, 2.75) is 26.4 Å². The number of carbonyl (C=O) groups is 1. The quantitative estimate of drug-likeness (QED) is 0.609. The maximum absolute atomic E-state index is 12.8. The lowest BCUT2D eigenvalue weighted by molar-refractivity contribution is -0.124. The molecule has 128 valence electrons. The van der Waals surface area contributed by atoms with Gasteiger partial charge in [-0.25, -0.2) is 4.68 Å². The molecule has 1 amide bonds. The average molecular weight is 356 g/mol. The molecule has 0 saturated carbocycles. The number of nitrogens with one attached hydrogen (secondary N) is 1. The van der Waals surface area contributed by atoms with Crippen molar-refractivity contribution in [1.29, 1.82) is 0 Å². The minimum absolute atomic E-state index is 0.271. The van der Waals surface area contributed by atoms with Gasteiger partial charge in [-0.3, -0.25) is 14.0 Å². The van der Waals surface area contributed by atoms with Crippen LogP contribution in [0.15, 0.2) is 45.1 Å². The van der Waals surface area contributed by atoms with E-state index in [0.29, 0.717) is 17.1 Å². The number of rotatable bonds is 4. The van der Waals surface area contributed by atoms with E-state index in [4.69, 9.17) is 4.42 Å². The number of hydrogen-bond acceptors (Lipinski definition) is 5. The van der Waals surface area contributed by atoms with Gasteiger partial charge in [-0.05, 0) is 43.5 Å². The van der Waals surface area contributed by atoms with Crippen molar-refractivity contribution in [3.05, 3.63) is 57.8 Å². The molecular weight excluding hydrogens is 340 g/mol. The van der Waals surface area contributed by atoms with Crippen LogP contribution in [-0.2, 0) is 11.3 Å². The molecule has 4 rings (SSSR count). The zero-order valence-corrected chi connectivity index (χ0v) is 14.5. The fourth-order valence-corrected chi connectivity index (χ4v) is 3.71. The molecule has 0 aliphatic rings. The summed E-state index contributed by atoms with van der Waals surface area (Å²) in [6.45, 7) is 3.76. The molecule has 0 fully saturated rings. The molecule has 4 heterocycles. The Labute approximate surface area is 146 Å². The van der Waals surface area contributed by atoms with Crippen molar-refractivity contribution in [3.8, 4) is 0 Å². The van der Waals surface area contributed by atoms with Gasteiger partial charge in [-0.2, -0.15) is 5.10 Å². The van der Waals surface area contributed by atoms with Gasteiger partial charge in [0.15, 0.2) is 0 Å². The van der Waals surface area contributed by atoms with Crippen LogP contribution >= 0.6 is 11.3 Å². The standard InChI is InChI=1S/C17H16N4O3S/c1-10(16(22)18-9-12-4-3-6-24-12)21-17(23)14-8-15-13(5-7-25-15)20(14)11(2)19-21/h3-8,10H,9H2,1-2H3,(H,18,22)/t10-/m0/s1. The molecule has 7 nitrogen and oxygen atoms in total. The maximum Gasteiger partial charge on any atom is 0.291 e. The van der Waals surface area contributed by atoms with Crippen molar-refractivity contribution in [3.63, 3.8) is 0 Å². The number of aryl methyl sites for hydroxylation is 1. The highest BCUT2D eigenvalue weighted by Crippen LogP contribution is 2.24. The first-order valence-corrected chi connectivity index (χ1v) is 8.72. The predicted molar refractivity (Wildman–Crippen MR) is 94.8 cm³/mol. The third-order valence-corrected chi connectivity index (χ3v) is 5.04. The molecule has 8 heteroatoms. The predicted octanol–water partition coefficient (Wildman–Crippen LogP) is 2.49. The summed E-state index contributed by atoms with van der Waals surface area (Å²) >= 11 is 1.57. The summed E-state index contributed by atoms with van der Waals surface area (Å²) in [5.41, 5.74) is 1.21. The average Bonchev–Trinajstić information content (AvgIpc) is 3.31. The molecule has 0 bridgehead atoms. The van der Waals surface area contributed by atoms with E-state index >= 15 is 0 Å². The van der Waals surface area contributed by atoms with E-state index in [1.54, 1.807) is 36.7 Å². The molecule has 4 aromatic heterocycles. The highest BCUT2D eigenvalue weighted by molar-refractivity contribution is 7.17. The minimum Gasteiger partial charge on any atom is -0.467 e. The number of fused-ring (bicyclic) bond motifs is 3. The summed E-state index contributed by atoms with van der Waals surface area (Å²) < 4.78 is 9.29. The molecule has 1 N–H and O–H groups in total. The lowest BCUT2D eigenvalue weighted by Gasteiger charge is -2.15. The molecule has 0 spiro atoms. The van der Waals surface area contributed by atoms with Crippen molar-refractivity contribution >= 4 is 33.0 Å². The number of furan rings is 1. The van der Waals surface area contributed by atoms with Gasteiger partial charge in [0.25, 0.3) is 5.56 Å². The van der Waals surface area contributed by atoms with Gasteiger partial charge in [0.05, 0.1) is 23.0 Å². The van der Waals surface area contributed by atoms with E-state index in [-0.39, 0.29) is 18.0 Å². The number of carbonyl (C=O) groups excluding carboxylic acids is 1. The van der Waals surface area contributed by atoms with Gasteiger partial charge in [-0.1, -0.05) is 0 Å². The van der Waals surface area contributed by atoms with E-state index in [9.17, 15) is 9.59 Å². The first-order valence-electron chi connectivity index (χ1n) is 7.84. The van der Waals surface area contributed by atoms with E-state index in [1.807, 2.05) is 28.8 Å². The van der Waals surface area contributed by atoms with E-state index in [2.05, 4.69) is 10.4 Å². The molecule has 0 unspecified atom stereocenters. The van der Waals surface area contributed by atoms with Gasteiger partial charge in [0, 0.05) is 0 Å². The lowest BCUT2D eigenvalue weighted by atomic mass is 10.3. The molecule has 4 aromatic rings. The van der Waals surface area contributed by atoms with Crippen LogP contribution < -0.4 is 10.9 Å². The Morgan fingerprint density at radius 3 is 3.00 bits per heavy atom. The molecule has 0 aliphatic carbocycles. The summed E-state index contributed by atoms with van der Waals surface area (Å²) in [5.74, 6) is 1.02. The fourth-order valence-electron chi connectivity index (χ4n) is 2.90. The highest BCUT2D eigenvalue weighted by atomic mass is 32.1. The van der Waals surface area contributed by atoms with Gasteiger partial charge < -0.3 is 9.73 Å². The van der Waals surface area contributed by atoms with Crippen LogP contribution in [0.5, 0.6) is 0 Å². The van der Waals surface area contributed by atoms with Crippen LogP contribution in [0.1, 0.15) is 24.6 Å². The summed E-state index contributed by atoms with van der Waals surface area (Å²) in [5, 5.41) is 9.10. The van der Waals surface area contributed by atoms with Crippen LogP contribution in [0.25, 0.3) is 15.7 Å². The molecule has 25 heavy (non-hydrogen) atoms. The van der Waals surface area contributed by atoms with Gasteiger partial charge in [0.1, 0.15) is 23.1 Å². The van der Waals surface area contributed by atoms with Crippen molar-refractivity contribution in [2.24, 2.45) is 0 Å². The SMILES string of the molecule is Cc1nn([C@@H](C)C(=O)NCc2ccco2)c(=O)c2cc3sccc3n12. The fraction of sp³-hybridized carbons (Fsp3) is 0.235. The normalized spacial score (nSPS) is 12.7. The van der Waals surface area contributed by atoms with Crippen LogP contribution in [0, 0.1) is 6.92 Å². The first kappa shape index (κ1) is 15.6. The second kappa shape index (κ2) is 5.89. The summed E-state index contributed by atoms with van der Waals surface area (Å²) in [7, 11) is 0.